The summed E-state index contributed by atoms with van der Waals surface area (Å²) in [5.41, 5.74) is 1.45. The first-order valence-electron chi connectivity index (χ1n) is 4.80. The highest BCUT2D eigenvalue weighted by atomic mass is 32.1. The van der Waals surface area contributed by atoms with Gasteiger partial charge in [0.2, 0.25) is 0 Å². The topological polar surface area (TPSA) is 15.3 Å². The van der Waals surface area contributed by atoms with Gasteiger partial charge in [0.1, 0.15) is 0 Å². The van der Waals surface area contributed by atoms with Gasteiger partial charge < -0.3 is 10.2 Å². The number of nitrogens with one attached hydrogen (secondary N) is 1. The molecule has 13 heavy (non-hydrogen) atoms. The SMILES string of the molecule is Cc1cc(N2CCNCC2)c(C)s1. The van der Waals surface area contributed by atoms with Gasteiger partial charge in [-0.15, -0.1) is 11.3 Å². The normalized spacial score (nSPS) is 17.8. The largest absolute Gasteiger partial charge is 0.368 e. The number of piperazine rings is 1. The molecule has 3 heteroatoms. The lowest BCUT2D eigenvalue weighted by Gasteiger charge is -2.29. The Kier molecular flexibility index (Phi) is 2.56. The molecule has 1 aliphatic heterocycles. The fourth-order valence-corrected chi connectivity index (χ4v) is 2.78. The van der Waals surface area contributed by atoms with E-state index in [4.69, 9.17) is 0 Å². The Labute approximate surface area is 83.6 Å². The van der Waals surface area contributed by atoms with Gasteiger partial charge in [0, 0.05) is 35.9 Å². The highest BCUT2D eigenvalue weighted by Crippen LogP contribution is 2.28. The minimum atomic E-state index is 1.12. The minimum Gasteiger partial charge on any atom is -0.368 e. The second-order valence-corrected chi connectivity index (χ2v) is 5.00. The van der Waals surface area contributed by atoms with Crippen molar-refractivity contribution in [2.24, 2.45) is 0 Å². The van der Waals surface area contributed by atoms with Crippen LogP contribution < -0.4 is 10.2 Å². The van der Waals surface area contributed by atoms with Gasteiger partial charge in [0.05, 0.1) is 5.69 Å². The quantitative estimate of drug-likeness (QED) is 0.736. The molecule has 0 aliphatic carbocycles. The van der Waals surface area contributed by atoms with Crippen molar-refractivity contribution in [3.63, 3.8) is 0 Å². The molecule has 2 nitrogen and oxygen atoms in total. The van der Waals surface area contributed by atoms with Crippen LogP contribution in [0.3, 0.4) is 0 Å². The Hall–Kier alpha value is -0.540. The molecular formula is C10H16N2S. The first kappa shape index (κ1) is 9.03. The molecule has 1 N–H and O–H groups in total. The molecule has 1 aromatic rings. The number of nitrogens with zero attached hydrogens (tertiary/aromatic N) is 1. The van der Waals surface area contributed by atoms with Gasteiger partial charge in [-0.25, -0.2) is 0 Å². The van der Waals surface area contributed by atoms with Crippen LogP contribution in [0.15, 0.2) is 6.07 Å². The number of hydrogen-bond acceptors (Lipinski definition) is 3. The Morgan fingerprint density at radius 3 is 2.54 bits per heavy atom. The average molecular weight is 196 g/mol. The molecule has 1 aromatic heterocycles. The maximum absolute atomic E-state index is 3.37. The summed E-state index contributed by atoms with van der Waals surface area (Å²) in [6.45, 7) is 8.94. The summed E-state index contributed by atoms with van der Waals surface area (Å²) in [6, 6.07) is 2.31. The molecule has 72 valence electrons. The molecular weight excluding hydrogens is 180 g/mol. The molecule has 0 radical (unpaired) electrons. The molecule has 0 amide bonds. The number of rotatable bonds is 1. The fourth-order valence-electron chi connectivity index (χ4n) is 1.84. The van der Waals surface area contributed by atoms with E-state index < -0.39 is 0 Å². The van der Waals surface area contributed by atoms with Crippen LogP contribution in [0.1, 0.15) is 9.75 Å². The summed E-state index contributed by atoms with van der Waals surface area (Å²) < 4.78 is 0. The van der Waals surface area contributed by atoms with E-state index in [1.165, 1.54) is 15.4 Å². The molecule has 2 rings (SSSR count). The van der Waals surface area contributed by atoms with Crippen LogP contribution in [0, 0.1) is 13.8 Å². The summed E-state index contributed by atoms with van der Waals surface area (Å²) >= 11 is 1.90. The predicted molar refractivity (Wildman–Crippen MR) is 58.9 cm³/mol. The smallest absolute Gasteiger partial charge is 0.0508 e. The molecule has 1 aliphatic rings. The number of anilines is 1. The second kappa shape index (κ2) is 3.68. The van der Waals surface area contributed by atoms with Gasteiger partial charge in [-0.05, 0) is 19.9 Å². The van der Waals surface area contributed by atoms with Gasteiger partial charge in [-0.1, -0.05) is 0 Å². The van der Waals surface area contributed by atoms with Gasteiger partial charge in [0.15, 0.2) is 0 Å². The zero-order valence-corrected chi connectivity index (χ0v) is 9.08. The first-order valence-corrected chi connectivity index (χ1v) is 5.62. The first-order chi connectivity index (χ1) is 6.27. The van der Waals surface area contributed by atoms with Crippen LogP contribution >= 0.6 is 11.3 Å². The lowest BCUT2D eigenvalue weighted by molar-refractivity contribution is 0.589. The van der Waals surface area contributed by atoms with Crippen molar-refractivity contribution >= 4 is 17.0 Å². The minimum absolute atomic E-state index is 1.12. The molecule has 1 fully saturated rings. The van der Waals surface area contributed by atoms with Gasteiger partial charge in [-0.3, -0.25) is 0 Å². The van der Waals surface area contributed by atoms with Gasteiger partial charge in [-0.2, -0.15) is 0 Å². The monoisotopic (exact) mass is 196 g/mol. The Morgan fingerprint density at radius 2 is 2.00 bits per heavy atom. The van der Waals surface area contributed by atoms with E-state index in [0.717, 1.165) is 26.2 Å². The fraction of sp³-hybridized carbons (Fsp3) is 0.600. The van der Waals surface area contributed by atoms with Crippen molar-refractivity contribution in [1.82, 2.24) is 5.32 Å². The van der Waals surface area contributed by atoms with Crippen molar-refractivity contribution in [2.45, 2.75) is 13.8 Å². The number of aryl methyl sites for hydroxylation is 2. The number of hydrogen-bond donors (Lipinski definition) is 1. The molecule has 0 spiro atoms. The zero-order valence-electron chi connectivity index (χ0n) is 8.26. The maximum Gasteiger partial charge on any atom is 0.0508 e. The van der Waals surface area contributed by atoms with Crippen molar-refractivity contribution < 1.29 is 0 Å². The summed E-state index contributed by atoms with van der Waals surface area (Å²) in [7, 11) is 0. The van der Waals surface area contributed by atoms with Crippen molar-refractivity contribution in [3.05, 3.63) is 15.8 Å². The van der Waals surface area contributed by atoms with E-state index in [0.29, 0.717) is 0 Å². The Bertz CT molecular complexity index is 287. The Morgan fingerprint density at radius 1 is 1.31 bits per heavy atom. The van der Waals surface area contributed by atoms with Crippen LogP contribution in [-0.2, 0) is 0 Å². The lowest BCUT2D eigenvalue weighted by atomic mass is 10.3. The molecule has 0 aromatic carbocycles. The van der Waals surface area contributed by atoms with Crippen LogP contribution in [0.4, 0.5) is 5.69 Å². The highest BCUT2D eigenvalue weighted by molar-refractivity contribution is 7.12. The predicted octanol–water partition coefficient (Wildman–Crippen LogP) is 1.77. The van der Waals surface area contributed by atoms with Crippen molar-refractivity contribution in [3.8, 4) is 0 Å². The van der Waals surface area contributed by atoms with Crippen LogP contribution in [0.5, 0.6) is 0 Å². The van der Waals surface area contributed by atoms with Crippen LogP contribution in [0.2, 0.25) is 0 Å². The van der Waals surface area contributed by atoms with E-state index in [1.807, 2.05) is 11.3 Å². The highest BCUT2D eigenvalue weighted by Gasteiger charge is 2.13. The Balaban J connectivity index is 2.18. The van der Waals surface area contributed by atoms with Crippen LogP contribution in [-0.4, -0.2) is 26.2 Å². The third kappa shape index (κ3) is 1.86. The standard InChI is InChI=1S/C10H16N2S/c1-8-7-10(9(2)13-8)12-5-3-11-4-6-12/h7,11H,3-6H2,1-2H3. The third-order valence-electron chi connectivity index (χ3n) is 2.47. The molecule has 0 unspecified atom stereocenters. The molecule has 0 atom stereocenters. The van der Waals surface area contributed by atoms with E-state index >= 15 is 0 Å². The van der Waals surface area contributed by atoms with E-state index in [1.54, 1.807) is 0 Å². The van der Waals surface area contributed by atoms with Gasteiger partial charge >= 0.3 is 0 Å². The second-order valence-electron chi connectivity index (χ2n) is 3.54. The zero-order chi connectivity index (χ0) is 9.26. The van der Waals surface area contributed by atoms with E-state index in [-0.39, 0.29) is 0 Å². The maximum atomic E-state index is 3.37. The van der Waals surface area contributed by atoms with Gasteiger partial charge in [0.25, 0.3) is 0 Å². The average Bonchev–Trinajstić information content (AvgIpc) is 2.47. The summed E-state index contributed by atoms with van der Waals surface area (Å²) in [6.07, 6.45) is 0. The molecule has 1 saturated heterocycles. The summed E-state index contributed by atoms with van der Waals surface area (Å²) in [5, 5.41) is 3.37. The molecule has 0 saturated carbocycles. The van der Waals surface area contributed by atoms with E-state index in [2.05, 4.69) is 30.1 Å². The summed E-state index contributed by atoms with van der Waals surface area (Å²) in [4.78, 5) is 5.36. The van der Waals surface area contributed by atoms with E-state index in [9.17, 15) is 0 Å². The molecule has 0 bridgehead atoms. The lowest BCUT2D eigenvalue weighted by Crippen LogP contribution is -2.43. The third-order valence-corrected chi connectivity index (χ3v) is 3.43. The van der Waals surface area contributed by atoms with Crippen molar-refractivity contribution in [1.29, 1.82) is 0 Å². The molecule has 2 heterocycles. The number of thiophene rings is 1. The van der Waals surface area contributed by atoms with Crippen molar-refractivity contribution in [2.75, 3.05) is 31.1 Å². The summed E-state index contributed by atoms with van der Waals surface area (Å²) in [5.74, 6) is 0. The van der Waals surface area contributed by atoms with Crippen LogP contribution in [0.25, 0.3) is 0 Å².